The van der Waals surface area contributed by atoms with Gasteiger partial charge in [-0.15, -0.1) is 0 Å². The fourth-order valence-electron chi connectivity index (χ4n) is 4.34. The average molecular weight is 385 g/mol. The number of rotatable bonds is 5. The quantitative estimate of drug-likeness (QED) is 0.605. The van der Waals surface area contributed by atoms with Crippen LogP contribution < -0.4 is 4.74 Å². The number of carbonyl (C=O) groups excluding carboxylic acids is 2. The molecule has 0 amide bonds. The Morgan fingerprint density at radius 3 is 2.43 bits per heavy atom. The molecule has 0 saturated carbocycles. The number of hydrogen-bond acceptors (Lipinski definition) is 6. The summed E-state index contributed by atoms with van der Waals surface area (Å²) in [4.78, 5) is 30.2. The lowest BCUT2D eigenvalue weighted by atomic mass is 9.76. The van der Waals surface area contributed by atoms with Gasteiger partial charge in [0.2, 0.25) is 5.78 Å². The first-order valence-corrected chi connectivity index (χ1v) is 9.75. The average Bonchev–Trinajstić information content (AvgIpc) is 3.04. The van der Waals surface area contributed by atoms with Gasteiger partial charge in [-0.3, -0.25) is 9.59 Å². The molecule has 1 heterocycles. The summed E-state index contributed by atoms with van der Waals surface area (Å²) >= 11 is 0. The van der Waals surface area contributed by atoms with E-state index in [1.54, 1.807) is 0 Å². The summed E-state index contributed by atoms with van der Waals surface area (Å²) in [5.74, 6) is 0.370. The monoisotopic (exact) mass is 385 g/mol. The van der Waals surface area contributed by atoms with Gasteiger partial charge in [0, 0.05) is 12.8 Å². The van der Waals surface area contributed by atoms with Crippen molar-refractivity contribution >= 4 is 17.3 Å². The van der Waals surface area contributed by atoms with E-state index in [1.807, 2.05) is 34.6 Å². The molecule has 1 atom stereocenters. The van der Waals surface area contributed by atoms with E-state index in [-0.39, 0.29) is 41.8 Å². The number of oxime groups is 1. The van der Waals surface area contributed by atoms with Gasteiger partial charge in [-0.25, -0.2) is 0 Å². The second-order valence-electron chi connectivity index (χ2n) is 7.36. The molecule has 1 aliphatic carbocycles. The van der Waals surface area contributed by atoms with Crippen molar-refractivity contribution in [1.82, 2.24) is 0 Å². The van der Waals surface area contributed by atoms with E-state index in [2.05, 4.69) is 5.16 Å². The van der Waals surface area contributed by atoms with Crippen molar-refractivity contribution in [1.29, 1.82) is 0 Å². The number of aliphatic hydroxyl groups is 1. The molecule has 0 radical (unpaired) electrons. The van der Waals surface area contributed by atoms with E-state index >= 15 is 0 Å². The highest BCUT2D eigenvalue weighted by Gasteiger charge is 2.36. The van der Waals surface area contributed by atoms with E-state index in [0.29, 0.717) is 36.5 Å². The summed E-state index contributed by atoms with van der Waals surface area (Å²) in [6.45, 7) is 9.97. The number of Topliss-reactive ketones (excluding diaryl/α,β-unsaturated/α-hetero) is 2. The van der Waals surface area contributed by atoms with Gasteiger partial charge in [-0.1, -0.05) is 12.1 Å². The minimum atomic E-state index is -0.162. The second kappa shape index (κ2) is 7.78. The highest BCUT2D eigenvalue weighted by atomic mass is 16.6. The van der Waals surface area contributed by atoms with Gasteiger partial charge in [0.25, 0.3) is 0 Å². The predicted molar refractivity (Wildman–Crippen MR) is 106 cm³/mol. The van der Waals surface area contributed by atoms with E-state index in [1.165, 1.54) is 0 Å². The zero-order chi connectivity index (χ0) is 20.6. The van der Waals surface area contributed by atoms with Crippen LogP contribution in [0.4, 0.5) is 0 Å². The van der Waals surface area contributed by atoms with E-state index in [0.717, 1.165) is 22.3 Å². The topological polar surface area (TPSA) is 85.2 Å². The van der Waals surface area contributed by atoms with Crippen LogP contribution in [0.1, 0.15) is 71.6 Å². The smallest absolute Gasteiger partial charge is 0.204 e. The van der Waals surface area contributed by atoms with E-state index < -0.39 is 0 Å². The summed E-state index contributed by atoms with van der Waals surface area (Å²) in [7, 11) is 0. The zero-order valence-corrected chi connectivity index (χ0v) is 17.1. The molecule has 150 valence electrons. The van der Waals surface area contributed by atoms with Crippen LogP contribution in [-0.4, -0.2) is 35.6 Å². The van der Waals surface area contributed by atoms with Crippen molar-refractivity contribution < 1.29 is 24.3 Å². The van der Waals surface area contributed by atoms with E-state index in [9.17, 15) is 14.7 Å². The summed E-state index contributed by atoms with van der Waals surface area (Å²) in [6.07, 6.45) is 1.13. The number of aliphatic hydroxyl groups excluding tert-OH is 1. The molecule has 0 bridgehead atoms. The number of benzene rings is 1. The number of allylic oxidation sites excluding steroid dienone is 2. The Kier molecular flexibility index (Phi) is 5.59. The molecule has 0 fully saturated rings. The van der Waals surface area contributed by atoms with Gasteiger partial charge in [-0.05, 0) is 62.3 Å². The number of ether oxygens (including phenoxy) is 1. The number of ketones is 2. The molecule has 1 aromatic carbocycles. The fraction of sp³-hybridized carbons (Fsp3) is 0.500. The highest BCUT2D eigenvalue weighted by molar-refractivity contribution is 6.23. The first kappa shape index (κ1) is 20.1. The first-order chi connectivity index (χ1) is 13.3. The minimum absolute atomic E-state index is 0.00489. The third-order valence-electron chi connectivity index (χ3n) is 5.71. The normalized spacial score (nSPS) is 19.8. The Morgan fingerprint density at radius 2 is 1.82 bits per heavy atom. The van der Waals surface area contributed by atoms with Crippen LogP contribution in [0.25, 0.3) is 0 Å². The maximum absolute atomic E-state index is 12.9. The van der Waals surface area contributed by atoms with Crippen LogP contribution >= 0.6 is 0 Å². The molecule has 1 aliphatic heterocycles. The molecule has 3 rings (SSSR count). The van der Waals surface area contributed by atoms with Crippen LogP contribution in [0.3, 0.4) is 0 Å². The van der Waals surface area contributed by atoms with Gasteiger partial charge in [0.1, 0.15) is 18.1 Å². The molecule has 0 spiro atoms. The van der Waals surface area contributed by atoms with Crippen LogP contribution in [0, 0.1) is 20.8 Å². The Labute approximate surface area is 165 Å². The lowest BCUT2D eigenvalue weighted by molar-refractivity contribution is -0.116. The minimum Gasteiger partial charge on any atom is -0.511 e. The van der Waals surface area contributed by atoms with Crippen LogP contribution in [0.2, 0.25) is 0 Å². The third kappa shape index (κ3) is 3.21. The Morgan fingerprint density at radius 1 is 1.11 bits per heavy atom. The van der Waals surface area contributed by atoms with E-state index in [4.69, 9.17) is 9.57 Å². The molecule has 1 aromatic rings. The van der Waals surface area contributed by atoms with Gasteiger partial charge >= 0.3 is 0 Å². The summed E-state index contributed by atoms with van der Waals surface area (Å²) in [5.41, 5.74) is 5.18. The lowest BCUT2D eigenvalue weighted by Gasteiger charge is -2.28. The molecular formula is C22H27NO5. The summed E-state index contributed by atoms with van der Waals surface area (Å²) < 4.78 is 5.64. The lowest BCUT2D eigenvalue weighted by Crippen LogP contribution is -2.25. The summed E-state index contributed by atoms with van der Waals surface area (Å²) in [6, 6.07) is 0. The van der Waals surface area contributed by atoms with Crippen molar-refractivity contribution in [3.05, 3.63) is 39.1 Å². The molecule has 0 saturated heterocycles. The molecule has 6 nitrogen and oxygen atoms in total. The Hall–Kier alpha value is -2.63. The highest BCUT2D eigenvalue weighted by Crippen LogP contribution is 2.44. The van der Waals surface area contributed by atoms with Crippen molar-refractivity contribution in [3.63, 3.8) is 0 Å². The molecule has 1 unspecified atom stereocenters. The molecule has 1 N–H and O–H groups in total. The van der Waals surface area contributed by atoms with Crippen molar-refractivity contribution in [2.45, 2.75) is 59.8 Å². The maximum atomic E-state index is 12.9. The van der Waals surface area contributed by atoms with Gasteiger partial charge in [0.05, 0.1) is 16.8 Å². The Bertz CT molecular complexity index is 910. The Balaban J connectivity index is 2.04. The van der Waals surface area contributed by atoms with Gasteiger partial charge in [0.15, 0.2) is 12.4 Å². The van der Waals surface area contributed by atoms with Crippen molar-refractivity contribution in [3.8, 4) is 5.75 Å². The molecule has 0 aromatic heterocycles. The number of hydrogen-bond donors (Lipinski definition) is 1. The SMILES string of the molecule is CCON=C(CC)C1=C(O)CC(c2c(C)c(C)c3c(c2C)OCC3=O)CC1=O. The molecule has 6 heteroatoms. The molecule has 28 heavy (non-hydrogen) atoms. The zero-order valence-electron chi connectivity index (χ0n) is 17.1. The van der Waals surface area contributed by atoms with Crippen LogP contribution in [-0.2, 0) is 9.63 Å². The van der Waals surface area contributed by atoms with Crippen LogP contribution in [0.5, 0.6) is 5.75 Å². The standard InChI is InChI=1S/C22H27NO5/c1-6-15(23-28-7-2)21-16(24)8-14(9-17(21)25)19-11(3)12(4)20-18(26)10-27-22(20)13(19)5/h14,24H,6-10H2,1-5H3. The summed E-state index contributed by atoms with van der Waals surface area (Å²) in [5, 5.41) is 14.7. The van der Waals surface area contributed by atoms with Crippen LogP contribution in [0.15, 0.2) is 16.5 Å². The third-order valence-corrected chi connectivity index (χ3v) is 5.71. The first-order valence-electron chi connectivity index (χ1n) is 9.75. The number of fused-ring (bicyclic) bond motifs is 1. The van der Waals surface area contributed by atoms with Gasteiger partial charge < -0.3 is 14.7 Å². The number of carbonyl (C=O) groups is 2. The maximum Gasteiger partial charge on any atom is 0.204 e. The largest absolute Gasteiger partial charge is 0.511 e. The number of nitrogens with zero attached hydrogens (tertiary/aromatic N) is 1. The van der Waals surface area contributed by atoms with Crippen molar-refractivity contribution in [2.75, 3.05) is 13.2 Å². The second-order valence-corrected chi connectivity index (χ2v) is 7.36. The fourth-order valence-corrected chi connectivity index (χ4v) is 4.34. The van der Waals surface area contributed by atoms with Gasteiger partial charge in [-0.2, -0.15) is 0 Å². The van der Waals surface area contributed by atoms with Crippen molar-refractivity contribution in [2.24, 2.45) is 5.16 Å². The molecule has 2 aliphatic rings. The molecular weight excluding hydrogens is 358 g/mol. The predicted octanol–water partition coefficient (Wildman–Crippen LogP) is 4.25.